The predicted octanol–water partition coefficient (Wildman–Crippen LogP) is 2.93. The summed E-state index contributed by atoms with van der Waals surface area (Å²) in [6.45, 7) is 2.64. The van der Waals surface area contributed by atoms with Crippen LogP contribution < -0.4 is 14.8 Å². The molecule has 0 radical (unpaired) electrons. The molecular weight excluding hydrogens is 461 g/mol. The first-order valence-electron chi connectivity index (χ1n) is 10.9. The quantitative estimate of drug-likeness (QED) is 0.456. The minimum absolute atomic E-state index is 0.0475. The molecule has 1 saturated heterocycles. The molecule has 0 saturated carbocycles. The van der Waals surface area contributed by atoms with Gasteiger partial charge in [-0.1, -0.05) is 18.2 Å². The first-order valence-corrected chi connectivity index (χ1v) is 11.9. The molecule has 4 rings (SSSR count). The average Bonchev–Trinajstić information content (AvgIpc) is 3.25. The van der Waals surface area contributed by atoms with Crippen LogP contribution in [-0.4, -0.2) is 68.6 Å². The molecule has 1 aliphatic heterocycles. The van der Waals surface area contributed by atoms with Gasteiger partial charge in [-0.2, -0.15) is 9.97 Å². The summed E-state index contributed by atoms with van der Waals surface area (Å²) < 4.78 is 25.6. The van der Waals surface area contributed by atoms with E-state index in [1.54, 1.807) is 12.1 Å². The van der Waals surface area contributed by atoms with Crippen LogP contribution in [0, 0.1) is 5.82 Å². The van der Waals surface area contributed by atoms with E-state index in [1.807, 2.05) is 4.57 Å². The van der Waals surface area contributed by atoms with Crippen molar-refractivity contribution in [2.24, 2.45) is 0 Å². The number of piperidine rings is 1. The molecule has 0 atom stereocenters. The highest BCUT2D eigenvalue weighted by atomic mass is 32.2. The molecular formula is C22H26FN7O3S. The number of nitrogens with zero attached hydrogens (tertiary/aromatic N) is 6. The number of amides is 1. The Morgan fingerprint density at radius 2 is 1.74 bits per heavy atom. The fourth-order valence-electron chi connectivity index (χ4n) is 3.62. The third-order valence-electron chi connectivity index (χ3n) is 5.28. The molecule has 0 aliphatic carbocycles. The number of benzene rings is 1. The lowest BCUT2D eigenvalue weighted by atomic mass is 10.1. The summed E-state index contributed by atoms with van der Waals surface area (Å²) in [6, 6.07) is 7.67. The van der Waals surface area contributed by atoms with Crippen molar-refractivity contribution < 1.29 is 18.7 Å². The third kappa shape index (κ3) is 6.00. The number of rotatable bonds is 9. The molecule has 34 heavy (non-hydrogen) atoms. The zero-order chi connectivity index (χ0) is 23.9. The molecule has 180 valence electrons. The summed E-state index contributed by atoms with van der Waals surface area (Å²) in [5.74, 6) is 0.765. The highest BCUT2D eigenvalue weighted by Gasteiger charge is 2.20. The number of anilines is 1. The maximum absolute atomic E-state index is 13.5. The normalized spacial score (nSPS) is 14.1. The van der Waals surface area contributed by atoms with Gasteiger partial charge in [-0.15, -0.1) is 10.2 Å². The Morgan fingerprint density at radius 1 is 1.06 bits per heavy atom. The van der Waals surface area contributed by atoms with Crippen molar-refractivity contribution >= 4 is 23.6 Å². The Morgan fingerprint density at radius 3 is 2.38 bits per heavy atom. The predicted molar refractivity (Wildman–Crippen MR) is 125 cm³/mol. The maximum Gasteiger partial charge on any atom is 0.237 e. The molecule has 0 unspecified atom stereocenters. The number of halogens is 1. The van der Waals surface area contributed by atoms with Gasteiger partial charge in [-0.05, 0) is 50.2 Å². The third-order valence-corrected chi connectivity index (χ3v) is 6.21. The average molecular weight is 488 g/mol. The highest BCUT2D eigenvalue weighted by molar-refractivity contribution is 7.99. The number of aromatic nitrogens is 5. The molecule has 1 aliphatic rings. The van der Waals surface area contributed by atoms with Gasteiger partial charge < -0.3 is 9.47 Å². The number of thioether (sulfide) groups is 1. The van der Waals surface area contributed by atoms with Crippen molar-refractivity contribution in [3.05, 3.63) is 42.0 Å². The van der Waals surface area contributed by atoms with Crippen molar-refractivity contribution in [3.63, 3.8) is 0 Å². The summed E-state index contributed by atoms with van der Waals surface area (Å²) in [5, 5.41) is 11.9. The number of nitrogens with one attached hydrogen (secondary N) is 1. The first kappa shape index (κ1) is 23.9. The highest BCUT2D eigenvalue weighted by Crippen LogP contribution is 2.24. The van der Waals surface area contributed by atoms with Gasteiger partial charge >= 0.3 is 0 Å². The largest absolute Gasteiger partial charge is 0.481 e. The van der Waals surface area contributed by atoms with Crippen molar-refractivity contribution in [2.45, 2.75) is 31.0 Å². The van der Waals surface area contributed by atoms with Gasteiger partial charge in [0.25, 0.3) is 0 Å². The Bertz CT molecular complexity index is 1100. The monoisotopic (exact) mass is 487 g/mol. The zero-order valence-electron chi connectivity index (χ0n) is 19.0. The van der Waals surface area contributed by atoms with Crippen LogP contribution in [0.1, 0.15) is 25.1 Å². The number of hydrogen-bond donors (Lipinski definition) is 1. The lowest BCUT2D eigenvalue weighted by Gasteiger charge is -2.26. The summed E-state index contributed by atoms with van der Waals surface area (Å²) in [7, 11) is 2.93. The number of carbonyl (C=O) groups excluding carboxylic acids is 1. The van der Waals surface area contributed by atoms with Crippen LogP contribution in [0.15, 0.2) is 35.5 Å². The number of methoxy groups -OCH3 is 2. The second-order valence-electron chi connectivity index (χ2n) is 7.66. The molecule has 3 heterocycles. The van der Waals surface area contributed by atoms with E-state index in [0.717, 1.165) is 37.4 Å². The van der Waals surface area contributed by atoms with Crippen LogP contribution in [0.2, 0.25) is 0 Å². The number of likely N-dealkylation sites (tertiary alicyclic amines) is 1. The van der Waals surface area contributed by atoms with Crippen molar-refractivity contribution in [1.82, 2.24) is 29.6 Å². The summed E-state index contributed by atoms with van der Waals surface area (Å²) in [6.07, 6.45) is 3.55. The molecule has 1 aromatic carbocycles. The summed E-state index contributed by atoms with van der Waals surface area (Å²) >= 11 is 1.22. The number of ether oxygens (including phenoxy) is 2. The zero-order valence-corrected chi connectivity index (χ0v) is 19.8. The van der Waals surface area contributed by atoms with E-state index in [1.165, 1.54) is 50.6 Å². The van der Waals surface area contributed by atoms with Gasteiger partial charge in [-0.3, -0.25) is 19.6 Å². The molecule has 10 nitrogen and oxygen atoms in total. The molecule has 1 N–H and O–H groups in total. The lowest BCUT2D eigenvalue weighted by molar-refractivity contribution is -0.113. The van der Waals surface area contributed by atoms with E-state index >= 15 is 0 Å². The van der Waals surface area contributed by atoms with E-state index in [2.05, 4.69) is 30.4 Å². The van der Waals surface area contributed by atoms with Crippen molar-refractivity contribution in [1.29, 1.82) is 0 Å². The number of carbonyl (C=O) groups is 1. The van der Waals surface area contributed by atoms with Crippen molar-refractivity contribution in [2.75, 3.05) is 38.4 Å². The fourth-order valence-corrected chi connectivity index (χ4v) is 4.39. The van der Waals surface area contributed by atoms with Gasteiger partial charge in [0.15, 0.2) is 11.0 Å². The molecule has 2 aromatic heterocycles. The number of hydrogen-bond acceptors (Lipinski definition) is 9. The maximum atomic E-state index is 13.5. The van der Waals surface area contributed by atoms with Crippen LogP contribution in [0.5, 0.6) is 11.8 Å². The Labute approximate surface area is 200 Å². The molecule has 1 amide bonds. The minimum Gasteiger partial charge on any atom is -0.481 e. The summed E-state index contributed by atoms with van der Waals surface area (Å²) in [5.41, 5.74) is 0.738. The Kier molecular flexibility index (Phi) is 7.91. The minimum atomic E-state index is -0.327. The molecule has 0 spiro atoms. The SMILES string of the molecule is COc1cc(OC)nc(NC(=O)CSc2nnc(CN3CCCCC3)n2-c2ccc(F)cc2)n1. The van der Waals surface area contributed by atoms with Gasteiger partial charge in [0.2, 0.25) is 23.6 Å². The van der Waals surface area contributed by atoms with Crippen LogP contribution in [0.4, 0.5) is 10.3 Å². The van der Waals surface area contributed by atoms with Crippen molar-refractivity contribution in [3.8, 4) is 17.4 Å². The lowest BCUT2D eigenvalue weighted by Crippen LogP contribution is -2.30. The van der Waals surface area contributed by atoms with Gasteiger partial charge in [0.1, 0.15) is 5.82 Å². The second kappa shape index (κ2) is 11.3. The molecule has 1 fully saturated rings. The van der Waals surface area contributed by atoms with Gasteiger partial charge in [0, 0.05) is 5.69 Å². The first-order chi connectivity index (χ1) is 16.6. The van der Waals surface area contributed by atoms with Crippen LogP contribution in [-0.2, 0) is 11.3 Å². The van der Waals surface area contributed by atoms with Crippen LogP contribution >= 0.6 is 11.8 Å². The Hall–Kier alpha value is -3.25. The second-order valence-corrected chi connectivity index (χ2v) is 8.60. The molecule has 12 heteroatoms. The molecule has 0 bridgehead atoms. The Balaban J connectivity index is 1.49. The topological polar surface area (TPSA) is 107 Å². The van der Waals surface area contributed by atoms with Crippen LogP contribution in [0.25, 0.3) is 5.69 Å². The summed E-state index contributed by atoms with van der Waals surface area (Å²) in [4.78, 5) is 23.1. The van der Waals surface area contributed by atoms with Gasteiger partial charge in [0.05, 0.1) is 32.6 Å². The smallest absolute Gasteiger partial charge is 0.237 e. The fraction of sp³-hybridized carbons (Fsp3) is 0.409. The van der Waals surface area contributed by atoms with E-state index < -0.39 is 0 Å². The van der Waals surface area contributed by atoms with Crippen LogP contribution in [0.3, 0.4) is 0 Å². The van der Waals surface area contributed by atoms with E-state index in [9.17, 15) is 9.18 Å². The molecule has 3 aromatic rings. The van der Waals surface area contributed by atoms with E-state index in [4.69, 9.17) is 9.47 Å². The van der Waals surface area contributed by atoms with E-state index in [-0.39, 0.29) is 35.2 Å². The standard InChI is InChI=1S/C22H26FN7O3S/c1-32-19-12-20(33-2)26-21(25-19)24-18(31)14-34-22-28-27-17(13-29-10-4-3-5-11-29)30(22)16-8-6-15(23)7-9-16/h6-9,12H,3-5,10-11,13-14H2,1-2H3,(H,24,25,26,31). The van der Waals surface area contributed by atoms with Gasteiger partial charge in [-0.25, -0.2) is 4.39 Å². The van der Waals surface area contributed by atoms with E-state index in [0.29, 0.717) is 11.7 Å².